The van der Waals surface area contributed by atoms with E-state index in [2.05, 4.69) is 17.5 Å². The molecule has 4 rings (SSSR count). The highest BCUT2D eigenvalue weighted by Gasteiger charge is 2.35. The fraction of sp³-hybridized carbons (Fsp3) is 0.333. The molecule has 0 aliphatic carbocycles. The summed E-state index contributed by atoms with van der Waals surface area (Å²) in [7, 11) is 0. The molecule has 3 aromatic rings. The first-order chi connectivity index (χ1) is 16.7. The van der Waals surface area contributed by atoms with Crippen LogP contribution in [0.15, 0.2) is 53.9 Å². The van der Waals surface area contributed by atoms with E-state index in [9.17, 15) is 19.7 Å². The number of nitrogens with zero attached hydrogens (tertiary/aromatic N) is 3. The Kier molecular flexibility index (Phi) is 7.03. The molecule has 0 saturated heterocycles. The molecular formula is C27H29N3O4S. The topological polar surface area (TPSA) is 83.8 Å². The number of hydrogen-bond donors (Lipinski definition) is 0. The molecular weight excluding hydrogens is 462 g/mol. The highest BCUT2D eigenvalue weighted by Crippen LogP contribution is 2.39. The molecule has 2 amide bonds. The molecule has 7 nitrogen and oxygen atoms in total. The quantitative estimate of drug-likeness (QED) is 0.346. The number of nitro groups is 1. The normalized spacial score (nSPS) is 15.1. The van der Waals surface area contributed by atoms with E-state index in [1.807, 2.05) is 43.9 Å². The Labute approximate surface area is 209 Å². The Morgan fingerprint density at radius 3 is 2.54 bits per heavy atom. The maximum absolute atomic E-state index is 13.7. The van der Waals surface area contributed by atoms with Gasteiger partial charge in [-0.25, -0.2) is 0 Å². The summed E-state index contributed by atoms with van der Waals surface area (Å²) < 4.78 is 0. The summed E-state index contributed by atoms with van der Waals surface area (Å²) in [5.74, 6) is -0.532. The minimum absolute atomic E-state index is 0.0972. The van der Waals surface area contributed by atoms with E-state index in [0.717, 1.165) is 23.1 Å². The smallest absolute Gasteiger partial charge is 0.273 e. The van der Waals surface area contributed by atoms with E-state index in [1.54, 1.807) is 30.4 Å². The van der Waals surface area contributed by atoms with Gasteiger partial charge in [0.2, 0.25) is 5.91 Å². The molecule has 1 aliphatic heterocycles. The van der Waals surface area contributed by atoms with E-state index in [4.69, 9.17) is 0 Å². The van der Waals surface area contributed by atoms with Crippen LogP contribution in [0.5, 0.6) is 0 Å². The van der Waals surface area contributed by atoms with E-state index in [1.165, 1.54) is 15.8 Å². The second kappa shape index (κ2) is 10.00. The second-order valence-corrected chi connectivity index (χ2v) is 10.2. The number of amides is 2. The van der Waals surface area contributed by atoms with Crippen LogP contribution in [-0.4, -0.2) is 45.7 Å². The Hall–Kier alpha value is -3.52. The van der Waals surface area contributed by atoms with Crippen molar-refractivity contribution in [3.05, 3.63) is 96.7 Å². The van der Waals surface area contributed by atoms with Crippen LogP contribution >= 0.6 is 11.3 Å². The molecule has 1 aliphatic rings. The van der Waals surface area contributed by atoms with Crippen molar-refractivity contribution in [2.75, 3.05) is 13.1 Å². The Balaban J connectivity index is 1.64. The fourth-order valence-corrected chi connectivity index (χ4v) is 5.55. The van der Waals surface area contributed by atoms with Gasteiger partial charge in [-0.3, -0.25) is 19.7 Å². The van der Waals surface area contributed by atoms with Gasteiger partial charge in [0, 0.05) is 34.7 Å². The third-order valence-corrected chi connectivity index (χ3v) is 7.61. The van der Waals surface area contributed by atoms with E-state index < -0.39 is 10.8 Å². The first-order valence-electron chi connectivity index (χ1n) is 11.7. The lowest BCUT2D eigenvalue weighted by atomic mass is 9.90. The first-order valence-corrected chi connectivity index (χ1v) is 12.5. The lowest BCUT2D eigenvalue weighted by Gasteiger charge is -2.38. The van der Waals surface area contributed by atoms with Crippen molar-refractivity contribution in [2.24, 2.45) is 0 Å². The van der Waals surface area contributed by atoms with Crippen molar-refractivity contribution in [3.63, 3.8) is 0 Å². The van der Waals surface area contributed by atoms with Gasteiger partial charge < -0.3 is 9.80 Å². The van der Waals surface area contributed by atoms with Crippen LogP contribution in [0.2, 0.25) is 0 Å². The number of carbonyl (C=O) groups is 2. The number of thiophene rings is 1. The fourth-order valence-electron chi connectivity index (χ4n) is 4.64. The van der Waals surface area contributed by atoms with Crippen molar-refractivity contribution in [2.45, 2.75) is 46.2 Å². The monoisotopic (exact) mass is 491 g/mol. The molecule has 2 heterocycles. The number of benzene rings is 2. The van der Waals surface area contributed by atoms with E-state index in [-0.39, 0.29) is 35.8 Å². The SMILES string of the molecule is Cc1ccccc1C1c2ccsc2CCN1C(=O)CN(C(=O)c1ccc(C)c([N+](=O)[O-])c1)C(C)C. The molecule has 0 saturated carbocycles. The van der Waals surface area contributed by atoms with Crippen molar-refractivity contribution in [1.29, 1.82) is 0 Å². The highest BCUT2D eigenvalue weighted by atomic mass is 32.1. The zero-order valence-electron chi connectivity index (χ0n) is 20.4. The summed E-state index contributed by atoms with van der Waals surface area (Å²) in [6.45, 7) is 7.85. The van der Waals surface area contributed by atoms with Crippen LogP contribution in [0, 0.1) is 24.0 Å². The number of carbonyl (C=O) groups excluding carboxylic acids is 2. The van der Waals surface area contributed by atoms with Crippen molar-refractivity contribution in [3.8, 4) is 0 Å². The van der Waals surface area contributed by atoms with Crippen LogP contribution in [0.4, 0.5) is 5.69 Å². The Morgan fingerprint density at radius 2 is 1.86 bits per heavy atom. The van der Waals surface area contributed by atoms with Crippen LogP contribution in [-0.2, 0) is 11.2 Å². The standard InChI is InChI=1S/C27H29N3O4S/c1-17(2)29(27(32)20-10-9-19(4)23(15-20)30(33)34)16-25(31)28-13-11-24-22(12-14-35-24)26(28)21-8-6-5-7-18(21)3/h5-10,12,14-15,17,26H,11,13,16H2,1-4H3. The predicted octanol–water partition coefficient (Wildman–Crippen LogP) is 5.30. The van der Waals surface area contributed by atoms with E-state index in [0.29, 0.717) is 12.1 Å². The van der Waals surface area contributed by atoms with Gasteiger partial charge in [-0.05, 0) is 68.3 Å². The average Bonchev–Trinajstić information content (AvgIpc) is 3.31. The van der Waals surface area contributed by atoms with Crippen molar-refractivity contribution < 1.29 is 14.5 Å². The molecule has 1 aromatic heterocycles. The van der Waals surface area contributed by atoms with Crippen LogP contribution in [0.25, 0.3) is 0 Å². The van der Waals surface area contributed by atoms with Gasteiger partial charge in [-0.2, -0.15) is 0 Å². The summed E-state index contributed by atoms with van der Waals surface area (Å²) in [4.78, 5) is 42.7. The van der Waals surface area contributed by atoms with Gasteiger partial charge in [-0.15, -0.1) is 11.3 Å². The van der Waals surface area contributed by atoms with Gasteiger partial charge in [0.05, 0.1) is 11.0 Å². The van der Waals surface area contributed by atoms with Gasteiger partial charge in [0.1, 0.15) is 6.54 Å². The van der Waals surface area contributed by atoms with Gasteiger partial charge in [-0.1, -0.05) is 30.3 Å². The Bertz CT molecular complexity index is 1280. The summed E-state index contributed by atoms with van der Waals surface area (Å²) in [6.07, 6.45) is 0.779. The number of hydrogen-bond acceptors (Lipinski definition) is 5. The molecule has 0 bridgehead atoms. The van der Waals surface area contributed by atoms with Crippen LogP contribution in [0.1, 0.15) is 57.4 Å². The number of aryl methyl sites for hydroxylation is 2. The maximum atomic E-state index is 13.7. The van der Waals surface area contributed by atoms with Gasteiger partial charge >= 0.3 is 0 Å². The maximum Gasteiger partial charge on any atom is 0.273 e. The summed E-state index contributed by atoms with van der Waals surface area (Å²) in [6, 6.07) is 14.2. The highest BCUT2D eigenvalue weighted by molar-refractivity contribution is 7.10. The largest absolute Gasteiger partial charge is 0.330 e. The lowest BCUT2D eigenvalue weighted by Crippen LogP contribution is -2.48. The molecule has 0 fully saturated rings. The molecule has 8 heteroatoms. The zero-order valence-corrected chi connectivity index (χ0v) is 21.2. The van der Waals surface area contributed by atoms with Gasteiger partial charge in [0.15, 0.2) is 0 Å². The molecule has 1 atom stereocenters. The molecule has 0 N–H and O–H groups in total. The molecule has 2 aromatic carbocycles. The van der Waals surface area contributed by atoms with Crippen LogP contribution in [0.3, 0.4) is 0 Å². The zero-order chi connectivity index (χ0) is 25.3. The number of fused-ring (bicyclic) bond motifs is 1. The summed E-state index contributed by atoms with van der Waals surface area (Å²) >= 11 is 1.71. The van der Waals surface area contributed by atoms with E-state index >= 15 is 0 Å². The van der Waals surface area contributed by atoms with Gasteiger partial charge in [0.25, 0.3) is 11.6 Å². The van der Waals surface area contributed by atoms with Crippen LogP contribution < -0.4 is 0 Å². The lowest BCUT2D eigenvalue weighted by molar-refractivity contribution is -0.385. The molecule has 1 unspecified atom stereocenters. The summed E-state index contributed by atoms with van der Waals surface area (Å²) in [5, 5.41) is 13.4. The Morgan fingerprint density at radius 1 is 1.11 bits per heavy atom. The third-order valence-electron chi connectivity index (χ3n) is 6.61. The second-order valence-electron chi connectivity index (χ2n) is 9.18. The number of rotatable bonds is 6. The first kappa shape index (κ1) is 24.6. The third kappa shape index (κ3) is 4.84. The molecule has 0 radical (unpaired) electrons. The summed E-state index contributed by atoms with van der Waals surface area (Å²) in [5.41, 5.74) is 3.92. The average molecular weight is 492 g/mol. The molecule has 182 valence electrons. The molecule has 35 heavy (non-hydrogen) atoms. The number of nitro benzene ring substituents is 1. The predicted molar refractivity (Wildman–Crippen MR) is 137 cm³/mol. The van der Waals surface area contributed by atoms with Crippen molar-refractivity contribution >= 4 is 28.8 Å². The van der Waals surface area contributed by atoms with Crippen molar-refractivity contribution in [1.82, 2.24) is 9.80 Å². The minimum atomic E-state index is -0.490. The minimum Gasteiger partial charge on any atom is -0.330 e. The molecule has 0 spiro atoms.